The van der Waals surface area contributed by atoms with E-state index in [1.165, 1.54) is 7.11 Å². The van der Waals surface area contributed by atoms with Crippen LogP contribution >= 0.6 is 10.7 Å². The molecule has 0 saturated heterocycles. The summed E-state index contributed by atoms with van der Waals surface area (Å²) in [7, 11) is 5.00. The van der Waals surface area contributed by atoms with E-state index in [1.54, 1.807) is 18.2 Å². The van der Waals surface area contributed by atoms with Gasteiger partial charge < -0.3 is 4.74 Å². The molecule has 1 unspecified atom stereocenters. The zero-order valence-corrected chi connectivity index (χ0v) is 9.32. The van der Waals surface area contributed by atoms with Gasteiger partial charge >= 0.3 is 5.97 Å². The number of benzene rings is 1. The summed E-state index contributed by atoms with van der Waals surface area (Å²) in [4.78, 5) is 11.6. The Labute approximate surface area is 89.0 Å². The minimum atomic E-state index is -1.70. The number of hydrogen-bond acceptors (Lipinski definition) is 3. The Balaban J connectivity index is 3.29. The molecule has 0 spiro atoms. The van der Waals surface area contributed by atoms with Gasteiger partial charge in [-0.1, -0.05) is 11.6 Å². The maximum absolute atomic E-state index is 11.3. The van der Waals surface area contributed by atoms with Crippen molar-refractivity contribution < 1.29 is 13.7 Å². The highest BCUT2D eigenvalue weighted by molar-refractivity contribution is 8.08. The topological polar surface area (TPSA) is 43.4 Å². The van der Waals surface area contributed by atoms with Gasteiger partial charge in [0.2, 0.25) is 0 Å². The van der Waals surface area contributed by atoms with Gasteiger partial charge in [0.05, 0.1) is 17.6 Å². The number of carbonyl (C=O) groups excluding carboxylic acids is 1. The Morgan fingerprint density at radius 3 is 2.64 bits per heavy atom. The molecule has 0 fully saturated rings. The lowest BCUT2D eigenvalue weighted by molar-refractivity contribution is 0.0596. The van der Waals surface area contributed by atoms with Crippen molar-refractivity contribution in [1.82, 2.24) is 0 Å². The lowest BCUT2D eigenvalue weighted by Crippen LogP contribution is -2.05. The fourth-order valence-corrected chi connectivity index (χ4v) is 1.95. The minimum absolute atomic E-state index is 0.251. The van der Waals surface area contributed by atoms with E-state index in [2.05, 4.69) is 4.74 Å². The highest BCUT2D eigenvalue weighted by Gasteiger charge is 2.15. The SMILES string of the molecule is COC(=O)c1cc(C)ccc1S(=O)Cl. The first-order valence-corrected chi connectivity index (χ1v) is 5.81. The third-order valence-electron chi connectivity index (χ3n) is 1.71. The molecule has 0 aliphatic heterocycles. The monoisotopic (exact) mass is 232 g/mol. The summed E-state index contributed by atoms with van der Waals surface area (Å²) in [6, 6.07) is 4.90. The number of hydrogen-bond donors (Lipinski definition) is 0. The van der Waals surface area contributed by atoms with Crippen molar-refractivity contribution in [3.63, 3.8) is 0 Å². The molecule has 76 valence electrons. The molecular weight excluding hydrogens is 224 g/mol. The number of ether oxygens (including phenoxy) is 1. The zero-order valence-electron chi connectivity index (χ0n) is 7.74. The Bertz CT molecular complexity index is 390. The van der Waals surface area contributed by atoms with Crippen molar-refractivity contribution in [3.05, 3.63) is 29.3 Å². The van der Waals surface area contributed by atoms with Gasteiger partial charge in [-0.15, -0.1) is 0 Å². The van der Waals surface area contributed by atoms with Gasteiger partial charge in [-0.3, -0.25) is 0 Å². The van der Waals surface area contributed by atoms with Gasteiger partial charge in [0.15, 0.2) is 0 Å². The van der Waals surface area contributed by atoms with Gasteiger partial charge in [0.25, 0.3) is 0 Å². The van der Waals surface area contributed by atoms with Crippen molar-refractivity contribution in [2.24, 2.45) is 0 Å². The lowest BCUT2D eigenvalue weighted by Gasteiger charge is -2.04. The highest BCUT2D eigenvalue weighted by Crippen LogP contribution is 2.18. The first-order chi connectivity index (χ1) is 6.56. The van der Waals surface area contributed by atoms with Crippen LogP contribution < -0.4 is 0 Å². The second-order valence-electron chi connectivity index (χ2n) is 2.71. The molecule has 3 nitrogen and oxygen atoms in total. The zero-order chi connectivity index (χ0) is 10.7. The van der Waals surface area contributed by atoms with Crippen LogP contribution in [0.15, 0.2) is 23.1 Å². The molecule has 0 amide bonds. The van der Waals surface area contributed by atoms with Crippen LogP contribution in [0.5, 0.6) is 0 Å². The van der Waals surface area contributed by atoms with Crippen LogP contribution in [0.1, 0.15) is 15.9 Å². The van der Waals surface area contributed by atoms with E-state index in [9.17, 15) is 9.00 Å². The quantitative estimate of drug-likeness (QED) is 0.579. The molecule has 0 N–H and O–H groups in total. The first kappa shape index (κ1) is 11.2. The molecule has 0 bridgehead atoms. The largest absolute Gasteiger partial charge is 0.465 e. The fraction of sp³-hybridized carbons (Fsp3) is 0.222. The second-order valence-corrected chi connectivity index (χ2v) is 4.44. The minimum Gasteiger partial charge on any atom is -0.465 e. The van der Waals surface area contributed by atoms with Gasteiger partial charge in [-0.2, -0.15) is 0 Å². The van der Waals surface area contributed by atoms with E-state index in [0.717, 1.165) is 5.56 Å². The molecular formula is C9H9ClO3S. The van der Waals surface area contributed by atoms with Crippen molar-refractivity contribution in [2.75, 3.05) is 7.11 Å². The Morgan fingerprint density at radius 1 is 1.50 bits per heavy atom. The summed E-state index contributed by atoms with van der Waals surface area (Å²) < 4.78 is 15.6. The van der Waals surface area contributed by atoms with Crippen LogP contribution in [0.2, 0.25) is 0 Å². The van der Waals surface area contributed by atoms with E-state index in [1.807, 2.05) is 6.92 Å². The van der Waals surface area contributed by atoms with Crippen LogP contribution in [-0.2, 0) is 14.7 Å². The number of aryl methyl sites for hydroxylation is 1. The van der Waals surface area contributed by atoms with Gasteiger partial charge in [-0.25, -0.2) is 9.00 Å². The summed E-state index contributed by atoms with van der Waals surface area (Å²) in [5.74, 6) is -0.530. The van der Waals surface area contributed by atoms with Gasteiger partial charge in [0.1, 0.15) is 10.0 Å². The smallest absolute Gasteiger partial charge is 0.339 e. The van der Waals surface area contributed by atoms with Crippen molar-refractivity contribution in [1.29, 1.82) is 0 Å². The van der Waals surface area contributed by atoms with E-state index in [4.69, 9.17) is 10.7 Å². The number of carbonyl (C=O) groups is 1. The third kappa shape index (κ3) is 2.33. The van der Waals surface area contributed by atoms with E-state index < -0.39 is 16.0 Å². The first-order valence-electron chi connectivity index (χ1n) is 3.83. The van der Waals surface area contributed by atoms with Crippen molar-refractivity contribution >= 4 is 26.7 Å². The van der Waals surface area contributed by atoms with Gasteiger partial charge in [-0.05, 0) is 29.7 Å². The lowest BCUT2D eigenvalue weighted by atomic mass is 10.1. The van der Waals surface area contributed by atoms with Gasteiger partial charge in [0, 0.05) is 0 Å². The third-order valence-corrected chi connectivity index (χ3v) is 2.91. The predicted molar refractivity (Wildman–Crippen MR) is 54.8 cm³/mol. The Kier molecular flexibility index (Phi) is 3.66. The Morgan fingerprint density at radius 2 is 2.14 bits per heavy atom. The van der Waals surface area contributed by atoms with Crippen LogP contribution in [0.4, 0.5) is 0 Å². The summed E-state index contributed by atoms with van der Waals surface area (Å²) in [6.45, 7) is 1.83. The molecule has 0 heterocycles. The van der Waals surface area contributed by atoms with E-state index >= 15 is 0 Å². The number of halogens is 1. The van der Waals surface area contributed by atoms with Crippen LogP contribution in [0, 0.1) is 6.92 Å². The van der Waals surface area contributed by atoms with Crippen molar-refractivity contribution in [2.45, 2.75) is 11.8 Å². The second kappa shape index (κ2) is 4.57. The number of rotatable bonds is 2. The molecule has 1 aromatic rings. The predicted octanol–water partition coefficient (Wildman–Crippen LogP) is 2.04. The standard InChI is InChI=1S/C9H9ClO3S/c1-6-3-4-8(14(10)12)7(5-6)9(11)13-2/h3-5H,1-2H3. The normalized spacial score (nSPS) is 12.2. The molecule has 0 aliphatic rings. The average molecular weight is 233 g/mol. The summed E-state index contributed by atoms with van der Waals surface area (Å²) in [5, 5.41) is 0. The summed E-state index contributed by atoms with van der Waals surface area (Å²) in [5.41, 5.74) is 1.14. The maximum Gasteiger partial charge on any atom is 0.339 e. The summed E-state index contributed by atoms with van der Waals surface area (Å²) in [6.07, 6.45) is 0. The molecule has 14 heavy (non-hydrogen) atoms. The molecule has 1 atom stereocenters. The molecule has 0 aromatic heterocycles. The summed E-state index contributed by atoms with van der Waals surface area (Å²) >= 11 is 0. The molecule has 0 aliphatic carbocycles. The molecule has 0 saturated carbocycles. The fourth-order valence-electron chi connectivity index (χ4n) is 1.05. The molecule has 1 aromatic carbocycles. The van der Waals surface area contributed by atoms with Crippen LogP contribution in [-0.4, -0.2) is 17.3 Å². The number of methoxy groups -OCH3 is 1. The highest BCUT2D eigenvalue weighted by atomic mass is 35.7. The maximum atomic E-state index is 11.3. The van der Waals surface area contributed by atoms with Crippen LogP contribution in [0.3, 0.4) is 0 Å². The number of esters is 1. The Hall–Kier alpha value is -0.870. The molecule has 5 heteroatoms. The van der Waals surface area contributed by atoms with E-state index in [-0.39, 0.29) is 10.5 Å². The van der Waals surface area contributed by atoms with Crippen molar-refractivity contribution in [3.8, 4) is 0 Å². The molecule has 0 radical (unpaired) electrons. The van der Waals surface area contributed by atoms with Crippen LogP contribution in [0.25, 0.3) is 0 Å². The molecule has 1 rings (SSSR count). The average Bonchev–Trinajstić information content (AvgIpc) is 2.16. The van der Waals surface area contributed by atoms with E-state index in [0.29, 0.717) is 0 Å².